The molecule has 3 nitrogen and oxygen atoms in total. The van der Waals surface area contributed by atoms with Crippen LogP contribution in [0.2, 0.25) is 0 Å². The lowest BCUT2D eigenvalue weighted by molar-refractivity contribution is 0.108. The van der Waals surface area contributed by atoms with E-state index in [1.807, 2.05) is 6.08 Å². The van der Waals surface area contributed by atoms with Gasteiger partial charge < -0.3 is 15.9 Å². The van der Waals surface area contributed by atoms with Crippen LogP contribution in [0.25, 0.3) is 0 Å². The molecule has 0 aromatic carbocycles. The highest BCUT2D eigenvalue weighted by atomic mass is 16.3. The van der Waals surface area contributed by atoms with E-state index >= 15 is 0 Å². The second-order valence-electron chi connectivity index (χ2n) is 6.12. The van der Waals surface area contributed by atoms with Crippen LogP contribution >= 0.6 is 0 Å². The minimum Gasteiger partial charge on any atom is -0.389 e. The zero-order chi connectivity index (χ0) is 15.8. The molecule has 0 spiro atoms. The fourth-order valence-corrected chi connectivity index (χ4v) is 2.51. The summed E-state index contributed by atoms with van der Waals surface area (Å²) in [7, 11) is 0. The van der Waals surface area contributed by atoms with E-state index in [-0.39, 0.29) is 6.42 Å². The average Bonchev–Trinajstić information content (AvgIpc) is 2.43. The maximum atomic E-state index is 9.47. The summed E-state index contributed by atoms with van der Waals surface area (Å²) in [6.45, 7) is 2.26. The maximum Gasteiger partial charge on any atom is 0.105 e. The Morgan fingerprint density at radius 2 is 1.29 bits per heavy atom. The van der Waals surface area contributed by atoms with E-state index in [9.17, 15) is 5.11 Å². The van der Waals surface area contributed by atoms with E-state index in [1.165, 1.54) is 70.6 Å². The SMILES string of the molecule is CCCCCCCCCCCCCC=CC(O)CC(N)O. The van der Waals surface area contributed by atoms with Crippen molar-refractivity contribution in [2.45, 2.75) is 103 Å². The molecule has 0 heterocycles. The number of hydrogen-bond donors (Lipinski definition) is 3. The van der Waals surface area contributed by atoms with Gasteiger partial charge in [0, 0.05) is 6.42 Å². The van der Waals surface area contributed by atoms with Gasteiger partial charge in [0.1, 0.15) is 6.23 Å². The third-order valence-electron chi connectivity index (χ3n) is 3.82. The van der Waals surface area contributed by atoms with Crippen LogP contribution in [0.4, 0.5) is 0 Å². The number of aliphatic hydroxyl groups excluding tert-OH is 2. The molecule has 0 bridgehead atoms. The van der Waals surface area contributed by atoms with E-state index < -0.39 is 12.3 Å². The lowest BCUT2D eigenvalue weighted by Crippen LogP contribution is -2.24. The number of allylic oxidation sites excluding steroid dienone is 1. The molecule has 0 rings (SSSR count). The van der Waals surface area contributed by atoms with Crippen molar-refractivity contribution in [2.75, 3.05) is 0 Å². The van der Waals surface area contributed by atoms with Gasteiger partial charge in [-0.2, -0.15) is 0 Å². The fraction of sp³-hybridized carbons (Fsp3) is 0.889. The standard InChI is InChI=1S/C18H37NO2/c1-2-3-4-5-6-7-8-9-10-11-12-13-14-15-17(20)16-18(19)21/h14-15,17-18,20-21H,2-13,16,19H2,1H3. The van der Waals surface area contributed by atoms with Crippen LogP contribution in [0.5, 0.6) is 0 Å². The van der Waals surface area contributed by atoms with Crippen LogP contribution in [0, 0.1) is 0 Å². The minimum absolute atomic E-state index is 0.217. The summed E-state index contributed by atoms with van der Waals surface area (Å²) < 4.78 is 0. The van der Waals surface area contributed by atoms with Crippen LogP contribution in [-0.2, 0) is 0 Å². The van der Waals surface area contributed by atoms with Gasteiger partial charge in [-0.3, -0.25) is 0 Å². The minimum atomic E-state index is -0.924. The van der Waals surface area contributed by atoms with Crippen LogP contribution in [0.3, 0.4) is 0 Å². The monoisotopic (exact) mass is 299 g/mol. The third-order valence-corrected chi connectivity index (χ3v) is 3.82. The Balaban J connectivity index is 3.17. The van der Waals surface area contributed by atoms with Gasteiger partial charge in [0.15, 0.2) is 0 Å². The second kappa shape index (κ2) is 16.0. The predicted octanol–water partition coefficient (Wildman–Crippen LogP) is 4.27. The number of rotatable bonds is 15. The maximum absolute atomic E-state index is 9.47. The van der Waals surface area contributed by atoms with Gasteiger partial charge in [0.25, 0.3) is 0 Å². The lowest BCUT2D eigenvalue weighted by Gasteiger charge is -2.07. The van der Waals surface area contributed by atoms with Crippen molar-refractivity contribution >= 4 is 0 Å². The molecule has 0 fully saturated rings. The second-order valence-corrected chi connectivity index (χ2v) is 6.12. The van der Waals surface area contributed by atoms with Crippen molar-refractivity contribution in [2.24, 2.45) is 5.73 Å². The molecule has 0 aliphatic carbocycles. The first-order chi connectivity index (χ1) is 10.2. The summed E-state index contributed by atoms with van der Waals surface area (Å²) in [5.41, 5.74) is 5.20. The predicted molar refractivity (Wildman–Crippen MR) is 91.0 cm³/mol. The molecule has 3 heteroatoms. The van der Waals surface area contributed by atoms with Crippen molar-refractivity contribution < 1.29 is 10.2 Å². The summed E-state index contributed by atoms with van der Waals surface area (Å²) in [4.78, 5) is 0. The normalized spacial score (nSPS) is 14.7. The quantitative estimate of drug-likeness (QED) is 0.240. The molecule has 0 aliphatic rings. The van der Waals surface area contributed by atoms with E-state index in [0.717, 1.165) is 6.42 Å². The number of hydrogen-bond acceptors (Lipinski definition) is 3. The molecule has 126 valence electrons. The molecule has 0 radical (unpaired) electrons. The Morgan fingerprint density at radius 3 is 1.76 bits per heavy atom. The molecule has 0 aromatic heterocycles. The van der Waals surface area contributed by atoms with Crippen molar-refractivity contribution in [3.63, 3.8) is 0 Å². The highest BCUT2D eigenvalue weighted by molar-refractivity contribution is 4.88. The molecule has 0 amide bonds. The van der Waals surface area contributed by atoms with E-state index in [0.29, 0.717) is 0 Å². The van der Waals surface area contributed by atoms with Crippen molar-refractivity contribution in [1.29, 1.82) is 0 Å². The van der Waals surface area contributed by atoms with Crippen LogP contribution in [0.15, 0.2) is 12.2 Å². The third kappa shape index (κ3) is 17.6. The Morgan fingerprint density at radius 1 is 0.810 bits per heavy atom. The fourth-order valence-electron chi connectivity index (χ4n) is 2.51. The summed E-state index contributed by atoms with van der Waals surface area (Å²) in [6.07, 6.45) is 18.3. The van der Waals surface area contributed by atoms with Gasteiger partial charge in [0.2, 0.25) is 0 Å². The smallest absolute Gasteiger partial charge is 0.105 e. The Bertz CT molecular complexity index is 229. The highest BCUT2D eigenvalue weighted by Crippen LogP contribution is 2.12. The summed E-state index contributed by atoms with van der Waals surface area (Å²) >= 11 is 0. The summed E-state index contributed by atoms with van der Waals surface area (Å²) in [5.74, 6) is 0. The van der Waals surface area contributed by atoms with Crippen molar-refractivity contribution in [3.05, 3.63) is 12.2 Å². The molecular weight excluding hydrogens is 262 g/mol. The van der Waals surface area contributed by atoms with Crippen LogP contribution < -0.4 is 5.73 Å². The first-order valence-corrected chi connectivity index (χ1v) is 8.95. The first-order valence-electron chi connectivity index (χ1n) is 8.95. The number of nitrogens with two attached hydrogens (primary N) is 1. The molecular formula is C18H37NO2. The Hall–Kier alpha value is -0.380. The topological polar surface area (TPSA) is 66.5 Å². The zero-order valence-corrected chi connectivity index (χ0v) is 14.0. The van der Waals surface area contributed by atoms with Crippen molar-refractivity contribution in [3.8, 4) is 0 Å². The summed E-state index contributed by atoms with van der Waals surface area (Å²) in [6, 6.07) is 0. The Labute approximate surface area is 131 Å². The van der Waals surface area contributed by atoms with Gasteiger partial charge in [-0.1, -0.05) is 83.3 Å². The van der Waals surface area contributed by atoms with Crippen molar-refractivity contribution in [1.82, 2.24) is 0 Å². The summed E-state index contributed by atoms with van der Waals surface area (Å²) in [5, 5.41) is 18.4. The molecule has 21 heavy (non-hydrogen) atoms. The largest absolute Gasteiger partial charge is 0.389 e. The molecule has 2 unspecified atom stereocenters. The van der Waals surface area contributed by atoms with Crippen LogP contribution in [-0.4, -0.2) is 22.5 Å². The first kappa shape index (κ1) is 20.6. The van der Waals surface area contributed by atoms with Gasteiger partial charge in [-0.15, -0.1) is 0 Å². The van der Waals surface area contributed by atoms with Gasteiger partial charge in [-0.25, -0.2) is 0 Å². The number of aliphatic hydroxyl groups is 2. The van der Waals surface area contributed by atoms with Crippen LogP contribution in [0.1, 0.15) is 90.4 Å². The van der Waals surface area contributed by atoms with Gasteiger partial charge in [-0.05, 0) is 12.8 Å². The lowest BCUT2D eigenvalue weighted by atomic mass is 10.1. The molecule has 2 atom stereocenters. The average molecular weight is 299 g/mol. The van der Waals surface area contributed by atoms with E-state index in [1.54, 1.807) is 6.08 Å². The van der Waals surface area contributed by atoms with E-state index in [4.69, 9.17) is 10.8 Å². The Kier molecular flexibility index (Phi) is 15.7. The molecule has 4 N–H and O–H groups in total. The molecule has 0 aliphatic heterocycles. The highest BCUT2D eigenvalue weighted by Gasteiger charge is 2.03. The molecule has 0 saturated carbocycles. The zero-order valence-electron chi connectivity index (χ0n) is 14.0. The molecule has 0 saturated heterocycles. The molecule has 0 aromatic rings. The van der Waals surface area contributed by atoms with Gasteiger partial charge >= 0.3 is 0 Å². The van der Waals surface area contributed by atoms with E-state index in [2.05, 4.69) is 6.92 Å². The van der Waals surface area contributed by atoms with Gasteiger partial charge in [0.05, 0.1) is 6.10 Å². The number of unbranched alkanes of at least 4 members (excludes halogenated alkanes) is 11.